The summed E-state index contributed by atoms with van der Waals surface area (Å²) in [6, 6.07) is 13.2. The van der Waals surface area contributed by atoms with Gasteiger partial charge in [-0.1, -0.05) is 57.2 Å². The van der Waals surface area contributed by atoms with E-state index in [1.165, 1.54) is 28.4 Å². The Kier molecular flexibility index (Phi) is 2.58. The largest absolute Gasteiger partial charge is 0.384 e. The first-order valence-electron chi connectivity index (χ1n) is 6.80. The average Bonchev–Trinajstić information content (AvgIpc) is 2.37. The van der Waals surface area contributed by atoms with E-state index in [0.717, 1.165) is 6.54 Å². The molecule has 0 fully saturated rings. The molecule has 1 aliphatic heterocycles. The van der Waals surface area contributed by atoms with Crippen LogP contribution in [0.3, 0.4) is 0 Å². The van der Waals surface area contributed by atoms with E-state index in [1.807, 2.05) is 0 Å². The second-order valence-electron chi connectivity index (χ2n) is 6.47. The molecular weight excluding hydrogens is 218 g/mol. The maximum atomic E-state index is 3.66. The summed E-state index contributed by atoms with van der Waals surface area (Å²) in [5, 5.41) is 6.36. The minimum absolute atomic E-state index is 0.371. The van der Waals surface area contributed by atoms with E-state index in [9.17, 15) is 0 Å². The zero-order chi connectivity index (χ0) is 12.8. The van der Waals surface area contributed by atoms with E-state index in [-0.39, 0.29) is 0 Å². The molecule has 1 unspecified atom stereocenters. The summed E-state index contributed by atoms with van der Waals surface area (Å²) in [4.78, 5) is 0. The van der Waals surface area contributed by atoms with Gasteiger partial charge in [0.1, 0.15) is 0 Å². The van der Waals surface area contributed by atoms with Gasteiger partial charge >= 0.3 is 0 Å². The summed E-state index contributed by atoms with van der Waals surface area (Å²) in [5.74, 6) is 0.714. The summed E-state index contributed by atoms with van der Waals surface area (Å²) >= 11 is 0. The first kappa shape index (κ1) is 11.6. The van der Waals surface area contributed by atoms with E-state index in [1.54, 1.807) is 0 Å². The molecule has 0 bridgehead atoms. The van der Waals surface area contributed by atoms with E-state index in [2.05, 4.69) is 62.5 Å². The second kappa shape index (κ2) is 4.01. The van der Waals surface area contributed by atoms with Crippen LogP contribution in [-0.4, -0.2) is 6.54 Å². The monoisotopic (exact) mass is 239 g/mol. The first-order valence-corrected chi connectivity index (χ1v) is 6.80. The molecule has 94 valence electrons. The maximum absolute atomic E-state index is 3.66. The third-order valence-corrected chi connectivity index (χ3v) is 4.23. The number of fused-ring (bicyclic) bond motifs is 3. The van der Waals surface area contributed by atoms with Crippen LogP contribution in [0.2, 0.25) is 0 Å². The van der Waals surface area contributed by atoms with Crippen molar-refractivity contribution < 1.29 is 0 Å². The predicted octanol–water partition coefficient (Wildman–Crippen LogP) is 4.47. The van der Waals surface area contributed by atoms with Gasteiger partial charge in [0, 0.05) is 17.6 Å². The highest BCUT2D eigenvalue weighted by atomic mass is 14.9. The number of hydrogen-bond acceptors (Lipinski definition) is 1. The number of hydrogen-bond donors (Lipinski definition) is 1. The van der Waals surface area contributed by atoms with Crippen molar-refractivity contribution in [2.24, 2.45) is 11.3 Å². The molecule has 0 amide bonds. The molecule has 3 rings (SSSR count). The smallest absolute Gasteiger partial charge is 0.0452 e. The van der Waals surface area contributed by atoms with Gasteiger partial charge in [-0.15, -0.1) is 0 Å². The fourth-order valence-corrected chi connectivity index (χ4v) is 2.87. The standard InChI is InChI=1S/C17H21N/c1-17(2,3)14-10-13-9-8-12-6-4-5-7-15(12)16(13)18-11-14/h4-9,14,18H,10-11H2,1-3H3. The molecule has 1 atom stereocenters. The highest BCUT2D eigenvalue weighted by molar-refractivity contribution is 5.95. The van der Waals surface area contributed by atoms with Crippen LogP contribution in [0, 0.1) is 11.3 Å². The van der Waals surface area contributed by atoms with Crippen molar-refractivity contribution in [2.45, 2.75) is 27.2 Å². The Bertz CT molecular complexity index is 578. The normalized spacial score (nSPS) is 19.4. The fourth-order valence-electron chi connectivity index (χ4n) is 2.87. The molecule has 1 aliphatic rings. The quantitative estimate of drug-likeness (QED) is 0.715. The molecular formula is C17H21N. The Labute approximate surface area is 109 Å². The van der Waals surface area contributed by atoms with Gasteiger partial charge in [-0.2, -0.15) is 0 Å². The maximum Gasteiger partial charge on any atom is 0.0452 e. The minimum Gasteiger partial charge on any atom is -0.384 e. The Morgan fingerprint density at radius 1 is 1.06 bits per heavy atom. The Morgan fingerprint density at radius 3 is 2.61 bits per heavy atom. The topological polar surface area (TPSA) is 12.0 Å². The minimum atomic E-state index is 0.371. The molecule has 2 aromatic rings. The molecule has 0 saturated heterocycles. The lowest BCUT2D eigenvalue weighted by molar-refractivity contribution is 0.247. The molecule has 1 nitrogen and oxygen atoms in total. The van der Waals surface area contributed by atoms with Crippen LogP contribution in [0.5, 0.6) is 0 Å². The van der Waals surface area contributed by atoms with Gasteiger partial charge in [0.2, 0.25) is 0 Å². The van der Waals surface area contributed by atoms with Crippen molar-refractivity contribution in [3.05, 3.63) is 42.0 Å². The van der Waals surface area contributed by atoms with Crippen LogP contribution in [0.1, 0.15) is 26.3 Å². The van der Waals surface area contributed by atoms with Crippen molar-refractivity contribution in [1.29, 1.82) is 0 Å². The highest BCUT2D eigenvalue weighted by Gasteiger charge is 2.28. The van der Waals surface area contributed by atoms with E-state index in [4.69, 9.17) is 0 Å². The molecule has 1 N–H and O–H groups in total. The highest BCUT2D eigenvalue weighted by Crippen LogP contribution is 2.38. The first-order chi connectivity index (χ1) is 8.55. The summed E-state index contributed by atoms with van der Waals surface area (Å²) in [6.07, 6.45) is 1.19. The van der Waals surface area contributed by atoms with Gasteiger partial charge in [-0.3, -0.25) is 0 Å². The van der Waals surface area contributed by atoms with Crippen LogP contribution < -0.4 is 5.32 Å². The average molecular weight is 239 g/mol. The summed E-state index contributed by atoms with van der Waals surface area (Å²) in [7, 11) is 0. The molecule has 2 aromatic carbocycles. The van der Waals surface area contributed by atoms with Gasteiger partial charge in [-0.05, 0) is 28.7 Å². The Balaban J connectivity index is 2.06. The van der Waals surface area contributed by atoms with Crippen LogP contribution in [0.4, 0.5) is 5.69 Å². The molecule has 0 aromatic heterocycles. The van der Waals surface area contributed by atoms with Crippen molar-refractivity contribution in [3.8, 4) is 0 Å². The fraction of sp³-hybridized carbons (Fsp3) is 0.412. The lowest BCUT2D eigenvalue weighted by Crippen LogP contribution is -2.33. The van der Waals surface area contributed by atoms with Gasteiger partial charge in [0.15, 0.2) is 0 Å². The Hall–Kier alpha value is -1.50. The van der Waals surface area contributed by atoms with Crippen LogP contribution in [0.15, 0.2) is 36.4 Å². The van der Waals surface area contributed by atoms with Crippen LogP contribution >= 0.6 is 0 Å². The van der Waals surface area contributed by atoms with E-state index in [0.29, 0.717) is 11.3 Å². The lowest BCUT2D eigenvalue weighted by Gasteiger charge is -2.36. The van der Waals surface area contributed by atoms with Gasteiger partial charge < -0.3 is 5.32 Å². The molecule has 0 radical (unpaired) electrons. The number of rotatable bonds is 0. The SMILES string of the molecule is CC(C)(C)C1CNc2c(ccc3ccccc23)C1. The van der Waals surface area contributed by atoms with Crippen molar-refractivity contribution >= 4 is 16.5 Å². The third kappa shape index (κ3) is 1.88. The zero-order valence-electron chi connectivity index (χ0n) is 11.5. The van der Waals surface area contributed by atoms with Crippen molar-refractivity contribution in [3.63, 3.8) is 0 Å². The second-order valence-corrected chi connectivity index (χ2v) is 6.47. The third-order valence-electron chi connectivity index (χ3n) is 4.23. The molecule has 1 heterocycles. The van der Waals surface area contributed by atoms with Gasteiger partial charge in [0.25, 0.3) is 0 Å². The predicted molar refractivity (Wildman–Crippen MR) is 79.1 cm³/mol. The molecule has 18 heavy (non-hydrogen) atoms. The van der Waals surface area contributed by atoms with Crippen molar-refractivity contribution in [1.82, 2.24) is 0 Å². The van der Waals surface area contributed by atoms with E-state index >= 15 is 0 Å². The molecule has 1 heteroatoms. The van der Waals surface area contributed by atoms with Gasteiger partial charge in [-0.25, -0.2) is 0 Å². The lowest BCUT2D eigenvalue weighted by atomic mass is 9.75. The summed E-state index contributed by atoms with van der Waals surface area (Å²) in [5.41, 5.74) is 3.20. The zero-order valence-corrected chi connectivity index (χ0v) is 11.5. The van der Waals surface area contributed by atoms with Crippen LogP contribution in [0.25, 0.3) is 10.8 Å². The molecule has 0 spiro atoms. The summed E-state index contributed by atoms with van der Waals surface area (Å²) < 4.78 is 0. The Morgan fingerprint density at radius 2 is 1.83 bits per heavy atom. The molecule has 0 saturated carbocycles. The molecule has 0 aliphatic carbocycles. The summed E-state index contributed by atoms with van der Waals surface area (Å²) in [6.45, 7) is 8.10. The number of nitrogens with one attached hydrogen (secondary N) is 1. The van der Waals surface area contributed by atoms with E-state index < -0.39 is 0 Å². The number of benzene rings is 2. The van der Waals surface area contributed by atoms with Crippen LogP contribution in [-0.2, 0) is 6.42 Å². The number of anilines is 1. The van der Waals surface area contributed by atoms with Gasteiger partial charge in [0.05, 0.1) is 0 Å². The van der Waals surface area contributed by atoms with Crippen molar-refractivity contribution in [2.75, 3.05) is 11.9 Å².